The van der Waals surface area contributed by atoms with Gasteiger partial charge in [0.1, 0.15) is 11.5 Å². The van der Waals surface area contributed by atoms with Crippen LogP contribution >= 0.6 is 0 Å². The average molecular weight is 358 g/mol. The molecule has 1 aromatic heterocycles. The lowest BCUT2D eigenvalue weighted by molar-refractivity contribution is 0.0693. The summed E-state index contributed by atoms with van der Waals surface area (Å²) in [7, 11) is 1.85. The topological polar surface area (TPSA) is 41.4 Å². The van der Waals surface area contributed by atoms with Gasteiger partial charge < -0.3 is 9.47 Å². The fourth-order valence-electron chi connectivity index (χ4n) is 3.63. The predicted molar refractivity (Wildman–Crippen MR) is 99.2 cm³/mol. The molecule has 1 amide bonds. The van der Waals surface area contributed by atoms with Crippen LogP contribution < -0.4 is 0 Å². The van der Waals surface area contributed by atoms with Crippen LogP contribution in [0.1, 0.15) is 36.3 Å². The van der Waals surface area contributed by atoms with Gasteiger partial charge in [-0.15, -0.1) is 0 Å². The zero-order valence-electron chi connectivity index (χ0n) is 15.7. The molecular weight excluding hydrogens is 331 g/mol. The number of aromatic nitrogens is 2. The van der Waals surface area contributed by atoms with Crippen LogP contribution in [-0.4, -0.2) is 50.9 Å². The van der Waals surface area contributed by atoms with Crippen molar-refractivity contribution in [1.29, 1.82) is 0 Å². The number of aryl methyl sites for hydroxylation is 1. The standard InChI is InChI=1S/C20H27FN4O/c1-15(2)19-13-25(20(26)18-11-22-14-23(18)3)10-4-9-24(19)12-16-5-7-17(21)8-6-16/h5-8,11,14-15,19H,4,9-10,12-13H2,1-3H3/t19-/m0/s1. The second kappa shape index (κ2) is 7.99. The van der Waals surface area contributed by atoms with E-state index in [1.54, 1.807) is 17.1 Å². The van der Waals surface area contributed by atoms with Gasteiger partial charge in [-0.05, 0) is 30.0 Å². The number of hydrogen-bond donors (Lipinski definition) is 0. The molecule has 6 heteroatoms. The minimum absolute atomic E-state index is 0.0410. The summed E-state index contributed by atoms with van der Waals surface area (Å²) in [4.78, 5) is 21.4. The molecular formula is C20H27FN4O. The van der Waals surface area contributed by atoms with E-state index in [2.05, 4.69) is 23.7 Å². The summed E-state index contributed by atoms with van der Waals surface area (Å²) in [6.07, 6.45) is 4.22. The van der Waals surface area contributed by atoms with Gasteiger partial charge in [0, 0.05) is 39.3 Å². The van der Waals surface area contributed by atoms with Gasteiger partial charge in [0.05, 0.1) is 12.5 Å². The normalized spacial score (nSPS) is 19.0. The molecule has 0 bridgehead atoms. The molecule has 26 heavy (non-hydrogen) atoms. The quantitative estimate of drug-likeness (QED) is 0.844. The van der Waals surface area contributed by atoms with Crippen molar-refractivity contribution in [2.24, 2.45) is 13.0 Å². The Hall–Kier alpha value is -2.21. The molecule has 2 heterocycles. The summed E-state index contributed by atoms with van der Waals surface area (Å²) in [5.74, 6) is 0.243. The number of nitrogens with zero attached hydrogens (tertiary/aromatic N) is 4. The van der Waals surface area contributed by atoms with E-state index < -0.39 is 0 Å². The summed E-state index contributed by atoms with van der Waals surface area (Å²) < 4.78 is 14.9. The van der Waals surface area contributed by atoms with Crippen molar-refractivity contribution in [3.8, 4) is 0 Å². The van der Waals surface area contributed by atoms with Gasteiger partial charge in [-0.3, -0.25) is 9.69 Å². The molecule has 0 N–H and O–H groups in total. The van der Waals surface area contributed by atoms with Crippen molar-refractivity contribution in [1.82, 2.24) is 19.4 Å². The molecule has 0 radical (unpaired) electrons. The molecule has 0 saturated carbocycles. The van der Waals surface area contributed by atoms with Gasteiger partial charge in [0.15, 0.2) is 0 Å². The Balaban J connectivity index is 1.76. The molecule has 1 aliphatic rings. The third-order valence-electron chi connectivity index (χ3n) is 5.14. The number of amides is 1. The largest absolute Gasteiger partial charge is 0.336 e. The molecule has 1 aromatic carbocycles. The Morgan fingerprint density at radius 1 is 1.27 bits per heavy atom. The van der Waals surface area contributed by atoms with Crippen molar-refractivity contribution in [2.75, 3.05) is 19.6 Å². The lowest BCUT2D eigenvalue weighted by Gasteiger charge is -2.34. The highest BCUT2D eigenvalue weighted by atomic mass is 19.1. The predicted octanol–water partition coefficient (Wildman–Crippen LogP) is 2.93. The van der Waals surface area contributed by atoms with Gasteiger partial charge >= 0.3 is 0 Å². The van der Waals surface area contributed by atoms with E-state index in [1.807, 2.05) is 24.1 Å². The maximum absolute atomic E-state index is 13.2. The number of carbonyl (C=O) groups is 1. The summed E-state index contributed by atoms with van der Waals surface area (Å²) in [5.41, 5.74) is 1.72. The van der Waals surface area contributed by atoms with E-state index in [1.165, 1.54) is 12.1 Å². The van der Waals surface area contributed by atoms with Crippen LogP contribution in [0.25, 0.3) is 0 Å². The van der Waals surface area contributed by atoms with Crippen LogP contribution in [0.5, 0.6) is 0 Å². The molecule has 1 atom stereocenters. The molecule has 5 nitrogen and oxygen atoms in total. The lowest BCUT2D eigenvalue weighted by Crippen LogP contribution is -2.45. The van der Waals surface area contributed by atoms with E-state index in [9.17, 15) is 9.18 Å². The molecule has 2 aromatic rings. The number of benzene rings is 1. The highest BCUT2D eigenvalue weighted by Gasteiger charge is 2.30. The SMILES string of the molecule is CC(C)[C@@H]1CN(C(=O)c2cncn2C)CCCN1Cc1ccc(F)cc1. The van der Waals surface area contributed by atoms with Crippen LogP contribution in [0.4, 0.5) is 4.39 Å². The summed E-state index contributed by atoms with van der Waals surface area (Å²) in [6.45, 7) is 7.53. The smallest absolute Gasteiger partial charge is 0.272 e. The van der Waals surface area contributed by atoms with E-state index in [-0.39, 0.29) is 17.8 Å². The third-order valence-corrected chi connectivity index (χ3v) is 5.14. The number of hydrogen-bond acceptors (Lipinski definition) is 3. The third kappa shape index (κ3) is 4.12. The molecule has 3 rings (SSSR count). The fourth-order valence-corrected chi connectivity index (χ4v) is 3.63. The average Bonchev–Trinajstić information content (AvgIpc) is 2.92. The van der Waals surface area contributed by atoms with Gasteiger partial charge in [-0.1, -0.05) is 26.0 Å². The molecule has 0 spiro atoms. The minimum Gasteiger partial charge on any atom is -0.336 e. The number of halogens is 1. The zero-order chi connectivity index (χ0) is 18.7. The Morgan fingerprint density at radius 2 is 2.00 bits per heavy atom. The first-order valence-electron chi connectivity index (χ1n) is 9.20. The lowest BCUT2D eigenvalue weighted by atomic mass is 10.0. The Kier molecular flexibility index (Phi) is 5.71. The Bertz CT molecular complexity index is 741. The van der Waals surface area contributed by atoms with Gasteiger partial charge in [0.2, 0.25) is 0 Å². The maximum Gasteiger partial charge on any atom is 0.272 e. The Labute approximate surface area is 154 Å². The van der Waals surface area contributed by atoms with Crippen LogP contribution in [0, 0.1) is 11.7 Å². The molecule has 0 aliphatic carbocycles. The molecule has 1 aliphatic heterocycles. The van der Waals surface area contributed by atoms with Crippen LogP contribution in [0.15, 0.2) is 36.8 Å². The molecule has 1 fully saturated rings. The van der Waals surface area contributed by atoms with Crippen molar-refractivity contribution in [3.63, 3.8) is 0 Å². The monoisotopic (exact) mass is 358 g/mol. The van der Waals surface area contributed by atoms with Crippen LogP contribution in [0.3, 0.4) is 0 Å². The molecule has 1 saturated heterocycles. The van der Waals surface area contributed by atoms with E-state index >= 15 is 0 Å². The van der Waals surface area contributed by atoms with Crippen LogP contribution in [0.2, 0.25) is 0 Å². The van der Waals surface area contributed by atoms with Gasteiger partial charge in [-0.25, -0.2) is 9.37 Å². The van der Waals surface area contributed by atoms with Crippen molar-refractivity contribution >= 4 is 5.91 Å². The number of rotatable bonds is 4. The van der Waals surface area contributed by atoms with Crippen molar-refractivity contribution in [2.45, 2.75) is 32.9 Å². The van der Waals surface area contributed by atoms with E-state index in [4.69, 9.17) is 0 Å². The minimum atomic E-state index is -0.210. The number of carbonyl (C=O) groups excluding carboxylic acids is 1. The van der Waals surface area contributed by atoms with Crippen molar-refractivity contribution < 1.29 is 9.18 Å². The van der Waals surface area contributed by atoms with E-state index in [0.717, 1.165) is 31.6 Å². The highest BCUT2D eigenvalue weighted by molar-refractivity contribution is 5.92. The van der Waals surface area contributed by atoms with Gasteiger partial charge in [-0.2, -0.15) is 0 Å². The van der Waals surface area contributed by atoms with E-state index in [0.29, 0.717) is 18.2 Å². The summed E-state index contributed by atoms with van der Waals surface area (Å²) in [6, 6.07) is 6.97. The zero-order valence-corrected chi connectivity index (χ0v) is 15.7. The molecule has 0 unspecified atom stereocenters. The summed E-state index contributed by atoms with van der Waals surface area (Å²) >= 11 is 0. The van der Waals surface area contributed by atoms with Crippen molar-refractivity contribution in [3.05, 3.63) is 53.9 Å². The maximum atomic E-state index is 13.2. The Morgan fingerprint density at radius 3 is 2.62 bits per heavy atom. The number of imidazole rings is 1. The highest BCUT2D eigenvalue weighted by Crippen LogP contribution is 2.21. The van der Waals surface area contributed by atoms with Gasteiger partial charge in [0.25, 0.3) is 5.91 Å². The first kappa shape index (κ1) is 18.6. The second-order valence-corrected chi connectivity index (χ2v) is 7.40. The van der Waals surface area contributed by atoms with Crippen LogP contribution in [-0.2, 0) is 13.6 Å². The first-order valence-corrected chi connectivity index (χ1v) is 9.20. The second-order valence-electron chi connectivity index (χ2n) is 7.40. The summed E-state index contributed by atoms with van der Waals surface area (Å²) in [5, 5.41) is 0. The first-order chi connectivity index (χ1) is 12.5. The molecule has 140 valence electrons. The fraction of sp³-hybridized carbons (Fsp3) is 0.500.